The van der Waals surface area contributed by atoms with Crippen molar-refractivity contribution in [3.8, 4) is 0 Å². The molecule has 1 aromatic rings. The number of carbonyl (C=O) groups excluding carboxylic acids is 1. The second-order valence-electron chi connectivity index (χ2n) is 7.76. The Morgan fingerprint density at radius 3 is 2.50 bits per heavy atom. The van der Waals surface area contributed by atoms with Crippen LogP contribution in [-0.2, 0) is 0 Å². The van der Waals surface area contributed by atoms with E-state index in [0.717, 1.165) is 31.6 Å². The van der Waals surface area contributed by atoms with Gasteiger partial charge in [0.25, 0.3) is 5.91 Å². The normalized spacial score (nSPS) is 17.1. The van der Waals surface area contributed by atoms with Crippen LogP contribution < -0.4 is 10.6 Å². The van der Waals surface area contributed by atoms with Gasteiger partial charge >= 0.3 is 0 Å². The zero-order chi connectivity index (χ0) is 17.9. The number of aromatic nitrogens is 1. The SMILES string of the molecule is CC(C)Nc1cc(Cl)ncc1C(=O)NC1CCN(C(C)(C)C)CC1. The molecule has 0 aliphatic carbocycles. The molecule has 134 valence electrons. The predicted octanol–water partition coefficient (Wildman–Crippen LogP) is 3.55. The van der Waals surface area contributed by atoms with Crippen molar-refractivity contribution in [2.24, 2.45) is 0 Å². The Hall–Kier alpha value is -1.33. The maximum absolute atomic E-state index is 12.7. The van der Waals surface area contributed by atoms with Crippen LogP contribution in [0.1, 0.15) is 57.8 Å². The lowest BCUT2D eigenvalue weighted by molar-refractivity contribution is 0.0813. The van der Waals surface area contributed by atoms with Gasteiger partial charge < -0.3 is 10.6 Å². The van der Waals surface area contributed by atoms with Crippen LogP contribution in [0.5, 0.6) is 0 Å². The molecule has 1 aromatic heterocycles. The minimum Gasteiger partial charge on any atom is -0.382 e. The highest BCUT2D eigenvalue weighted by Gasteiger charge is 2.28. The summed E-state index contributed by atoms with van der Waals surface area (Å²) >= 11 is 5.97. The monoisotopic (exact) mass is 352 g/mol. The highest BCUT2D eigenvalue weighted by molar-refractivity contribution is 6.29. The average molecular weight is 353 g/mol. The molecule has 0 bridgehead atoms. The number of hydrogen-bond acceptors (Lipinski definition) is 4. The molecular formula is C18H29ClN4O. The maximum Gasteiger partial charge on any atom is 0.255 e. The third-order valence-corrected chi connectivity index (χ3v) is 4.54. The van der Waals surface area contributed by atoms with Crippen LogP contribution in [0.15, 0.2) is 12.3 Å². The summed E-state index contributed by atoms with van der Waals surface area (Å²) in [7, 11) is 0. The lowest BCUT2D eigenvalue weighted by atomic mass is 9.98. The van der Waals surface area contributed by atoms with Crippen LogP contribution in [0, 0.1) is 0 Å². The summed E-state index contributed by atoms with van der Waals surface area (Å²) in [5.74, 6) is -0.0866. The van der Waals surface area contributed by atoms with E-state index in [1.807, 2.05) is 13.8 Å². The van der Waals surface area contributed by atoms with Crippen molar-refractivity contribution in [2.45, 2.75) is 65.1 Å². The Kier molecular flexibility index (Phi) is 6.10. The van der Waals surface area contributed by atoms with Crippen molar-refractivity contribution in [3.05, 3.63) is 23.0 Å². The van der Waals surface area contributed by atoms with E-state index < -0.39 is 0 Å². The van der Waals surface area contributed by atoms with Gasteiger partial charge in [0.15, 0.2) is 0 Å². The van der Waals surface area contributed by atoms with E-state index in [4.69, 9.17) is 11.6 Å². The lowest BCUT2D eigenvalue weighted by Gasteiger charge is -2.41. The van der Waals surface area contributed by atoms with Crippen LogP contribution in [0.3, 0.4) is 0 Å². The first-order chi connectivity index (χ1) is 11.2. The molecule has 6 heteroatoms. The van der Waals surface area contributed by atoms with Gasteiger partial charge in [0, 0.05) is 36.9 Å². The average Bonchev–Trinajstić information content (AvgIpc) is 2.46. The molecule has 2 rings (SSSR count). The zero-order valence-electron chi connectivity index (χ0n) is 15.3. The predicted molar refractivity (Wildman–Crippen MR) is 99.8 cm³/mol. The van der Waals surface area contributed by atoms with Gasteiger partial charge in [-0.05, 0) is 53.5 Å². The number of nitrogens with zero attached hydrogens (tertiary/aromatic N) is 2. The maximum atomic E-state index is 12.7. The third kappa shape index (κ3) is 5.08. The van der Waals surface area contributed by atoms with E-state index in [0.29, 0.717) is 10.7 Å². The minimum atomic E-state index is -0.0866. The molecule has 1 saturated heterocycles. The van der Waals surface area contributed by atoms with Gasteiger partial charge in [-0.1, -0.05) is 11.6 Å². The van der Waals surface area contributed by atoms with E-state index in [1.165, 1.54) is 0 Å². The topological polar surface area (TPSA) is 57.3 Å². The Bertz CT molecular complexity index is 575. The van der Waals surface area contributed by atoms with Crippen LogP contribution >= 0.6 is 11.6 Å². The van der Waals surface area contributed by atoms with Crippen molar-refractivity contribution in [2.75, 3.05) is 18.4 Å². The van der Waals surface area contributed by atoms with Crippen molar-refractivity contribution < 1.29 is 4.79 Å². The number of hydrogen-bond donors (Lipinski definition) is 2. The summed E-state index contributed by atoms with van der Waals surface area (Å²) in [4.78, 5) is 19.2. The molecular weight excluding hydrogens is 324 g/mol. The molecule has 0 unspecified atom stereocenters. The van der Waals surface area contributed by atoms with E-state index in [1.54, 1.807) is 12.3 Å². The molecule has 1 fully saturated rings. The number of piperidine rings is 1. The minimum absolute atomic E-state index is 0.0866. The van der Waals surface area contributed by atoms with Gasteiger partial charge in [-0.3, -0.25) is 9.69 Å². The van der Waals surface area contributed by atoms with Gasteiger partial charge in [-0.25, -0.2) is 4.98 Å². The number of rotatable bonds is 4. The Morgan fingerprint density at radius 1 is 1.33 bits per heavy atom. The summed E-state index contributed by atoms with van der Waals surface area (Å²) in [5.41, 5.74) is 1.46. The number of amides is 1. The van der Waals surface area contributed by atoms with Crippen LogP contribution in [0.25, 0.3) is 0 Å². The summed E-state index contributed by atoms with van der Waals surface area (Å²) in [5, 5.41) is 6.80. The fraction of sp³-hybridized carbons (Fsp3) is 0.667. The summed E-state index contributed by atoms with van der Waals surface area (Å²) in [6.45, 7) is 12.8. The molecule has 0 saturated carbocycles. The first kappa shape index (κ1) is 19.0. The highest BCUT2D eigenvalue weighted by Crippen LogP contribution is 2.22. The van der Waals surface area contributed by atoms with Crippen molar-refractivity contribution >= 4 is 23.2 Å². The third-order valence-electron chi connectivity index (χ3n) is 4.34. The van der Waals surface area contributed by atoms with Gasteiger partial charge in [0.1, 0.15) is 5.15 Å². The molecule has 1 aliphatic heterocycles. The van der Waals surface area contributed by atoms with Gasteiger partial charge in [-0.2, -0.15) is 0 Å². The van der Waals surface area contributed by atoms with Crippen molar-refractivity contribution in [3.63, 3.8) is 0 Å². The first-order valence-electron chi connectivity index (χ1n) is 8.65. The number of nitrogens with one attached hydrogen (secondary N) is 2. The zero-order valence-corrected chi connectivity index (χ0v) is 16.1. The smallest absolute Gasteiger partial charge is 0.255 e. The highest BCUT2D eigenvalue weighted by atomic mass is 35.5. The molecule has 2 N–H and O–H groups in total. The van der Waals surface area contributed by atoms with E-state index >= 15 is 0 Å². The number of anilines is 1. The largest absolute Gasteiger partial charge is 0.382 e. The number of likely N-dealkylation sites (tertiary alicyclic amines) is 1. The fourth-order valence-electron chi connectivity index (χ4n) is 3.00. The van der Waals surface area contributed by atoms with Crippen LogP contribution in [0.4, 0.5) is 5.69 Å². The first-order valence-corrected chi connectivity index (χ1v) is 9.02. The Morgan fingerprint density at radius 2 is 1.96 bits per heavy atom. The van der Waals surface area contributed by atoms with Crippen molar-refractivity contribution in [1.29, 1.82) is 0 Å². The van der Waals surface area contributed by atoms with Crippen molar-refractivity contribution in [1.82, 2.24) is 15.2 Å². The Balaban J connectivity index is 2.01. The molecule has 1 amide bonds. The molecule has 0 atom stereocenters. The molecule has 1 aliphatic rings. The second-order valence-corrected chi connectivity index (χ2v) is 8.14. The standard InChI is InChI=1S/C18H29ClN4O/c1-12(2)21-15-10-16(19)20-11-14(15)17(24)22-13-6-8-23(9-7-13)18(3,4)5/h10-13H,6-9H2,1-5H3,(H,20,21)(H,22,24). The van der Waals surface area contributed by atoms with E-state index in [2.05, 4.69) is 41.3 Å². The molecule has 5 nitrogen and oxygen atoms in total. The van der Waals surface area contributed by atoms with Gasteiger partial charge in [0.05, 0.1) is 11.3 Å². The summed E-state index contributed by atoms with van der Waals surface area (Å²) in [6.07, 6.45) is 3.49. The molecule has 2 heterocycles. The number of carbonyl (C=O) groups is 1. The molecule has 0 radical (unpaired) electrons. The van der Waals surface area contributed by atoms with Crippen LogP contribution in [0.2, 0.25) is 5.15 Å². The van der Waals surface area contributed by atoms with E-state index in [-0.39, 0.29) is 23.5 Å². The molecule has 24 heavy (non-hydrogen) atoms. The quantitative estimate of drug-likeness (QED) is 0.814. The van der Waals surface area contributed by atoms with Gasteiger partial charge in [0.2, 0.25) is 0 Å². The van der Waals surface area contributed by atoms with Crippen LogP contribution in [-0.4, -0.2) is 46.5 Å². The molecule has 0 aromatic carbocycles. The molecule has 0 spiro atoms. The Labute approximate surface area is 150 Å². The lowest BCUT2D eigenvalue weighted by Crippen LogP contribution is -2.50. The summed E-state index contributed by atoms with van der Waals surface area (Å²) < 4.78 is 0. The summed E-state index contributed by atoms with van der Waals surface area (Å²) in [6, 6.07) is 2.13. The number of halogens is 1. The van der Waals surface area contributed by atoms with E-state index in [9.17, 15) is 4.79 Å². The second kappa shape index (κ2) is 7.70. The number of pyridine rings is 1. The fourth-order valence-corrected chi connectivity index (χ4v) is 3.16. The van der Waals surface area contributed by atoms with Gasteiger partial charge in [-0.15, -0.1) is 0 Å².